The molecule has 1 aliphatic carbocycles. The van der Waals surface area contributed by atoms with Crippen molar-refractivity contribution in [1.82, 2.24) is 10.2 Å². The number of nitrogens with zero attached hydrogens (tertiary/aromatic N) is 1. The van der Waals surface area contributed by atoms with Crippen LogP contribution in [-0.2, 0) is 4.79 Å². The minimum absolute atomic E-state index is 0.228. The fraction of sp³-hybridized carbons (Fsp3) is 0.500. The van der Waals surface area contributed by atoms with Crippen LogP contribution >= 0.6 is 0 Å². The molecular weight excluding hydrogens is 308 g/mol. The van der Waals surface area contributed by atoms with Crippen LogP contribution in [0.4, 0.5) is 0 Å². The van der Waals surface area contributed by atoms with Crippen LogP contribution in [-0.4, -0.2) is 29.4 Å². The molecule has 3 unspecified atom stereocenters. The first-order valence-electron chi connectivity index (χ1n) is 9.38. The molecular formula is C22H32N2O. The van der Waals surface area contributed by atoms with Crippen molar-refractivity contribution >= 4 is 5.91 Å². The molecule has 3 atom stereocenters. The van der Waals surface area contributed by atoms with Gasteiger partial charge in [0, 0.05) is 36.7 Å². The molecule has 2 aliphatic rings. The SMILES string of the molecule is C=C(/C=C\C(C)=C/C)CNC1CC(C)N(C(=O)CC)C2=CC=CCC21. The maximum absolute atomic E-state index is 12.4. The lowest BCUT2D eigenvalue weighted by atomic mass is 9.80. The van der Waals surface area contributed by atoms with E-state index >= 15 is 0 Å². The molecule has 0 bridgehead atoms. The van der Waals surface area contributed by atoms with Gasteiger partial charge in [0.05, 0.1) is 0 Å². The van der Waals surface area contributed by atoms with Crippen molar-refractivity contribution in [1.29, 1.82) is 0 Å². The summed E-state index contributed by atoms with van der Waals surface area (Å²) in [6.07, 6.45) is 15.2. The molecule has 1 amide bonds. The second-order valence-electron chi connectivity index (χ2n) is 7.08. The van der Waals surface area contributed by atoms with E-state index in [9.17, 15) is 4.79 Å². The van der Waals surface area contributed by atoms with Crippen molar-refractivity contribution in [2.24, 2.45) is 5.92 Å². The first-order chi connectivity index (χ1) is 12.0. The largest absolute Gasteiger partial charge is 0.313 e. The fourth-order valence-corrected chi connectivity index (χ4v) is 3.61. The number of fused-ring (bicyclic) bond motifs is 1. The van der Waals surface area contributed by atoms with Gasteiger partial charge in [-0.1, -0.05) is 49.5 Å². The highest BCUT2D eigenvalue weighted by molar-refractivity contribution is 5.78. The van der Waals surface area contributed by atoms with Crippen LogP contribution in [0.1, 0.15) is 47.0 Å². The van der Waals surface area contributed by atoms with Crippen LogP contribution in [0.5, 0.6) is 0 Å². The van der Waals surface area contributed by atoms with Gasteiger partial charge in [0.15, 0.2) is 0 Å². The molecule has 25 heavy (non-hydrogen) atoms. The predicted octanol–water partition coefficient (Wildman–Crippen LogP) is 4.51. The third-order valence-electron chi connectivity index (χ3n) is 5.17. The average Bonchev–Trinajstić information content (AvgIpc) is 2.63. The molecule has 0 radical (unpaired) electrons. The second kappa shape index (κ2) is 9.00. The van der Waals surface area contributed by atoms with Crippen LogP contribution in [0.15, 0.2) is 59.9 Å². The number of allylic oxidation sites excluding steroid dienone is 6. The Kier molecular flexibility index (Phi) is 7.01. The van der Waals surface area contributed by atoms with Crippen molar-refractivity contribution in [3.8, 4) is 0 Å². The van der Waals surface area contributed by atoms with Gasteiger partial charge >= 0.3 is 0 Å². The minimum atomic E-state index is 0.228. The van der Waals surface area contributed by atoms with Gasteiger partial charge in [0.1, 0.15) is 0 Å². The molecule has 2 rings (SSSR count). The Morgan fingerprint density at radius 3 is 2.88 bits per heavy atom. The molecule has 1 aliphatic heterocycles. The normalized spacial score (nSPS) is 26.6. The van der Waals surface area contributed by atoms with Crippen molar-refractivity contribution in [2.75, 3.05) is 6.54 Å². The number of hydrogen-bond donors (Lipinski definition) is 1. The Bertz CT molecular complexity index is 624. The summed E-state index contributed by atoms with van der Waals surface area (Å²) in [5.74, 6) is 0.595. The number of likely N-dealkylation sites (tertiary alicyclic amines) is 1. The molecule has 0 aromatic heterocycles. The summed E-state index contributed by atoms with van der Waals surface area (Å²) in [7, 11) is 0. The first-order valence-corrected chi connectivity index (χ1v) is 9.38. The lowest BCUT2D eigenvalue weighted by Crippen LogP contribution is -2.53. The minimum Gasteiger partial charge on any atom is -0.313 e. The summed E-state index contributed by atoms with van der Waals surface area (Å²) in [6, 6.07) is 0.605. The summed E-state index contributed by atoms with van der Waals surface area (Å²) < 4.78 is 0. The van der Waals surface area contributed by atoms with Crippen LogP contribution in [0.2, 0.25) is 0 Å². The van der Waals surface area contributed by atoms with E-state index < -0.39 is 0 Å². The van der Waals surface area contributed by atoms with Gasteiger partial charge < -0.3 is 10.2 Å². The number of rotatable bonds is 6. The highest BCUT2D eigenvalue weighted by Crippen LogP contribution is 2.36. The van der Waals surface area contributed by atoms with Crippen molar-refractivity contribution in [3.05, 3.63) is 59.9 Å². The van der Waals surface area contributed by atoms with Gasteiger partial charge in [-0.3, -0.25) is 4.79 Å². The molecule has 136 valence electrons. The van der Waals surface area contributed by atoms with E-state index in [-0.39, 0.29) is 11.9 Å². The number of hydrogen-bond acceptors (Lipinski definition) is 2. The molecule has 0 aromatic rings. The highest BCUT2D eigenvalue weighted by Gasteiger charge is 2.39. The third-order valence-corrected chi connectivity index (χ3v) is 5.17. The summed E-state index contributed by atoms with van der Waals surface area (Å²) in [5.41, 5.74) is 3.50. The zero-order valence-corrected chi connectivity index (χ0v) is 16.1. The van der Waals surface area contributed by atoms with Gasteiger partial charge in [-0.05, 0) is 45.3 Å². The van der Waals surface area contributed by atoms with E-state index in [4.69, 9.17) is 0 Å². The summed E-state index contributed by atoms with van der Waals surface area (Å²) in [5, 5.41) is 3.69. The molecule has 0 spiro atoms. The Balaban J connectivity index is 2.05. The lowest BCUT2D eigenvalue weighted by molar-refractivity contribution is -0.132. The number of carbonyl (C=O) groups excluding carboxylic acids is 1. The number of piperidine rings is 1. The molecule has 3 nitrogen and oxygen atoms in total. The van der Waals surface area contributed by atoms with E-state index in [0.29, 0.717) is 18.4 Å². The van der Waals surface area contributed by atoms with Crippen LogP contribution in [0.25, 0.3) is 0 Å². The van der Waals surface area contributed by atoms with Gasteiger partial charge in [-0.25, -0.2) is 0 Å². The van der Waals surface area contributed by atoms with E-state index in [1.165, 1.54) is 11.3 Å². The maximum atomic E-state index is 12.4. The summed E-state index contributed by atoms with van der Waals surface area (Å²) in [4.78, 5) is 14.4. The van der Waals surface area contributed by atoms with E-state index in [2.05, 4.69) is 62.2 Å². The Hall–Kier alpha value is -1.87. The molecule has 1 N–H and O–H groups in total. The molecule has 0 aromatic carbocycles. The molecule has 1 fully saturated rings. The van der Waals surface area contributed by atoms with Crippen LogP contribution in [0.3, 0.4) is 0 Å². The summed E-state index contributed by atoms with van der Waals surface area (Å²) in [6.45, 7) is 13.2. The maximum Gasteiger partial charge on any atom is 0.226 e. The summed E-state index contributed by atoms with van der Waals surface area (Å²) >= 11 is 0. The molecule has 3 heteroatoms. The standard InChI is InChI=1S/C22H32N2O/c1-6-16(3)12-13-17(4)15-23-20-14-18(5)24(22(25)7-2)21-11-9-8-10-19(20)21/h6,8-9,11-13,18-20,23H,4,7,10,14-15H2,1-3,5H3/b13-12-,16-6-. The Morgan fingerprint density at radius 1 is 1.44 bits per heavy atom. The quantitative estimate of drug-likeness (QED) is 0.721. The monoisotopic (exact) mass is 340 g/mol. The van der Waals surface area contributed by atoms with E-state index in [0.717, 1.165) is 25.0 Å². The molecule has 1 heterocycles. The smallest absolute Gasteiger partial charge is 0.226 e. The van der Waals surface area contributed by atoms with E-state index in [1.54, 1.807) is 0 Å². The Labute approximate surface area is 152 Å². The van der Waals surface area contributed by atoms with Crippen molar-refractivity contribution < 1.29 is 4.79 Å². The zero-order chi connectivity index (χ0) is 18.4. The van der Waals surface area contributed by atoms with Gasteiger partial charge in [-0.2, -0.15) is 0 Å². The Morgan fingerprint density at radius 2 is 2.20 bits per heavy atom. The van der Waals surface area contributed by atoms with Crippen molar-refractivity contribution in [2.45, 2.75) is 59.0 Å². The van der Waals surface area contributed by atoms with Gasteiger partial charge in [0.2, 0.25) is 5.91 Å². The lowest BCUT2D eigenvalue weighted by Gasteiger charge is -2.46. The molecule has 0 saturated carbocycles. The third kappa shape index (κ3) is 4.82. The van der Waals surface area contributed by atoms with Gasteiger partial charge in [0.25, 0.3) is 0 Å². The number of carbonyl (C=O) groups is 1. The molecule has 1 saturated heterocycles. The fourth-order valence-electron chi connectivity index (χ4n) is 3.61. The van der Waals surface area contributed by atoms with Crippen molar-refractivity contribution in [3.63, 3.8) is 0 Å². The topological polar surface area (TPSA) is 32.3 Å². The predicted molar refractivity (Wildman–Crippen MR) is 106 cm³/mol. The number of amides is 1. The second-order valence-corrected chi connectivity index (χ2v) is 7.08. The average molecular weight is 341 g/mol. The van der Waals surface area contributed by atoms with E-state index in [1.807, 2.05) is 18.7 Å². The van der Waals surface area contributed by atoms with Gasteiger partial charge in [-0.15, -0.1) is 0 Å². The zero-order valence-electron chi connectivity index (χ0n) is 16.1. The first kappa shape index (κ1) is 19.5. The van der Waals surface area contributed by atoms with Crippen LogP contribution < -0.4 is 5.32 Å². The highest BCUT2D eigenvalue weighted by atomic mass is 16.2. The number of nitrogens with one attached hydrogen (secondary N) is 1. The van der Waals surface area contributed by atoms with Crippen LogP contribution in [0, 0.1) is 5.92 Å².